The second-order valence-corrected chi connectivity index (χ2v) is 6.40. The standard InChI is InChI=1S/C14H21NO3S/c1-10(2)15-7-3-5-14(18,6-8-15)12-11(13(16)17)4-9-19-12/h4,9-10,18H,3,5-8H2,1-2H3,(H,16,17). The molecule has 19 heavy (non-hydrogen) atoms. The zero-order chi connectivity index (χ0) is 14.0. The average molecular weight is 283 g/mol. The highest BCUT2D eigenvalue weighted by Crippen LogP contribution is 2.38. The third kappa shape index (κ3) is 2.99. The fraction of sp³-hybridized carbons (Fsp3) is 0.643. The van der Waals surface area contributed by atoms with Crippen molar-refractivity contribution >= 4 is 17.3 Å². The fourth-order valence-corrected chi connectivity index (χ4v) is 3.77. The number of carbonyl (C=O) groups is 1. The third-order valence-corrected chi connectivity index (χ3v) is 5.00. The van der Waals surface area contributed by atoms with Gasteiger partial charge in [0.1, 0.15) is 5.60 Å². The minimum absolute atomic E-state index is 0.255. The van der Waals surface area contributed by atoms with Gasteiger partial charge in [-0.05, 0) is 51.1 Å². The molecule has 1 aromatic rings. The Balaban J connectivity index is 2.23. The molecular weight excluding hydrogens is 262 g/mol. The summed E-state index contributed by atoms with van der Waals surface area (Å²) in [5, 5.41) is 21.8. The monoisotopic (exact) mass is 283 g/mol. The highest BCUT2D eigenvalue weighted by Gasteiger charge is 2.36. The quantitative estimate of drug-likeness (QED) is 0.895. The summed E-state index contributed by atoms with van der Waals surface area (Å²) < 4.78 is 0. The van der Waals surface area contributed by atoms with Gasteiger partial charge in [0.2, 0.25) is 0 Å². The molecule has 4 nitrogen and oxygen atoms in total. The molecule has 2 N–H and O–H groups in total. The normalized spacial score (nSPS) is 25.5. The Bertz CT molecular complexity index is 457. The van der Waals surface area contributed by atoms with E-state index in [0.29, 0.717) is 23.8 Å². The molecule has 1 fully saturated rings. The Morgan fingerprint density at radius 3 is 2.79 bits per heavy atom. The minimum atomic E-state index is -0.981. The number of hydrogen-bond donors (Lipinski definition) is 2. The predicted octanol–water partition coefficient (Wildman–Crippen LogP) is 2.53. The van der Waals surface area contributed by atoms with Crippen molar-refractivity contribution < 1.29 is 15.0 Å². The van der Waals surface area contributed by atoms with E-state index in [2.05, 4.69) is 18.7 Å². The molecule has 0 radical (unpaired) electrons. The highest BCUT2D eigenvalue weighted by molar-refractivity contribution is 7.10. The van der Waals surface area contributed by atoms with Crippen LogP contribution in [0.15, 0.2) is 11.4 Å². The predicted molar refractivity (Wildman–Crippen MR) is 75.7 cm³/mol. The van der Waals surface area contributed by atoms with Gasteiger partial charge in [0.15, 0.2) is 0 Å². The Morgan fingerprint density at radius 1 is 1.42 bits per heavy atom. The maximum Gasteiger partial charge on any atom is 0.336 e. The zero-order valence-corrected chi connectivity index (χ0v) is 12.2. The van der Waals surface area contributed by atoms with Crippen molar-refractivity contribution in [1.82, 2.24) is 4.90 Å². The van der Waals surface area contributed by atoms with E-state index in [1.807, 2.05) is 0 Å². The lowest BCUT2D eigenvalue weighted by molar-refractivity contribution is 0.0221. The summed E-state index contributed by atoms with van der Waals surface area (Å²) in [4.78, 5) is 14.2. The molecule has 0 saturated carbocycles. The maximum atomic E-state index is 11.2. The van der Waals surface area contributed by atoms with Crippen molar-refractivity contribution in [3.05, 3.63) is 21.9 Å². The Morgan fingerprint density at radius 2 is 2.16 bits per heavy atom. The van der Waals surface area contributed by atoms with Crippen LogP contribution in [0.3, 0.4) is 0 Å². The van der Waals surface area contributed by atoms with Gasteiger partial charge in [0.25, 0.3) is 0 Å². The summed E-state index contributed by atoms with van der Waals surface area (Å²) in [5.74, 6) is -0.949. The van der Waals surface area contributed by atoms with E-state index in [9.17, 15) is 15.0 Å². The molecule has 1 saturated heterocycles. The smallest absolute Gasteiger partial charge is 0.336 e. The van der Waals surface area contributed by atoms with Crippen molar-refractivity contribution in [3.63, 3.8) is 0 Å². The fourth-order valence-electron chi connectivity index (χ4n) is 2.72. The highest BCUT2D eigenvalue weighted by atomic mass is 32.1. The number of hydrogen-bond acceptors (Lipinski definition) is 4. The number of aromatic carboxylic acids is 1. The average Bonchev–Trinajstić information content (AvgIpc) is 2.75. The molecule has 0 aromatic carbocycles. The van der Waals surface area contributed by atoms with Crippen LogP contribution in [0.4, 0.5) is 0 Å². The second kappa shape index (κ2) is 5.61. The lowest BCUT2D eigenvalue weighted by Gasteiger charge is -2.28. The molecule has 5 heteroatoms. The summed E-state index contributed by atoms with van der Waals surface area (Å²) in [7, 11) is 0. The first-order valence-corrected chi connectivity index (χ1v) is 7.60. The maximum absolute atomic E-state index is 11.2. The van der Waals surface area contributed by atoms with Gasteiger partial charge in [-0.2, -0.15) is 0 Å². The molecule has 2 heterocycles. The number of nitrogens with zero attached hydrogens (tertiary/aromatic N) is 1. The molecular formula is C14H21NO3S. The Kier molecular flexibility index (Phi) is 4.28. The van der Waals surface area contributed by atoms with Crippen molar-refractivity contribution in [3.8, 4) is 0 Å². The number of carboxylic acids is 1. The van der Waals surface area contributed by atoms with Gasteiger partial charge in [0.05, 0.1) is 10.4 Å². The van der Waals surface area contributed by atoms with Gasteiger partial charge in [-0.25, -0.2) is 4.79 Å². The molecule has 2 rings (SSSR count). The van der Waals surface area contributed by atoms with Crippen LogP contribution in [0, 0.1) is 0 Å². The van der Waals surface area contributed by atoms with Gasteiger partial charge < -0.3 is 15.1 Å². The molecule has 1 aliphatic rings. The molecule has 0 bridgehead atoms. The topological polar surface area (TPSA) is 60.8 Å². The van der Waals surface area contributed by atoms with Crippen LogP contribution in [0.25, 0.3) is 0 Å². The number of likely N-dealkylation sites (tertiary alicyclic amines) is 1. The van der Waals surface area contributed by atoms with Crippen LogP contribution < -0.4 is 0 Å². The second-order valence-electron chi connectivity index (χ2n) is 5.48. The lowest BCUT2D eigenvalue weighted by atomic mass is 9.91. The van der Waals surface area contributed by atoms with E-state index in [1.165, 1.54) is 11.3 Å². The van der Waals surface area contributed by atoms with Gasteiger partial charge in [-0.1, -0.05) is 0 Å². The van der Waals surface area contributed by atoms with E-state index in [4.69, 9.17) is 0 Å². The Labute approximate surface area is 117 Å². The minimum Gasteiger partial charge on any atom is -0.478 e. The number of thiophene rings is 1. The van der Waals surface area contributed by atoms with Crippen LogP contribution in [-0.4, -0.2) is 40.2 Å². The molecule has 1 unspecified atom stereocenters. The third-order valence-electron chi connectivity index (χ3n) is 3.90. The summed E-state index contributed by atoms with van der Waals surface area (Å²) in [6.45, 7) is 6.08. The van der Waals surface area contributed by atoms with E-state index in [1.54, 1.807) is 11.4 Å². The molecule has 1 aromatic heterocycles. The zero-order valence-electron chi connectivity index (χ0n) is 11.4. The van der Waals surface area contributed by atoms with E-state index in [0.717, 1.165) is 19.5 Å². The van der Waals surface area contributed by atoms with E-state index >= 15 is 0 Å². The SMILES string of the molecule is CC(C)N1CCCC(O)(c2sccc2C(=O)O)CC1. The lowest BCUT2D eigenvalue weighted by Crippen LogP contribution is -2.33. The molecule has 1 atom stereocenters. The largest absolute Gasteiger partial charge is 0.478 e. The number of carboxylic acid groups (broad SMARTS) is 1. The first-order chi connectivity index (χ1) is 8.94. The molecule has 0 spiro atoms. The summed E-state index contributed by atoms with van der Waals surface area (Å²) in [6, 6.07) is 2.05. The molecule has 0 aliphatic carbocycles. The first-order valence-electron chi connectivity index (χ1n) is 6.72. The molecule has 106 valence electrons. The summed E-state index contributed by atoms with van der Waals surface area (Å²) in [5.41, 5.74) is -0.726. The van der Waals surface area contributed by atoms with E-state index < -0.39 is 11.6 Å². The van der Waals surface area contributed by atoms with Crippen molar-refractivity contribution in [1.29, 1.82) is 0 Å². The van der Waals surface area contributed by atoms with Gasteiger partial charge >= 0.3 is 5.97 Å². The van der Waals surface area contributed by atoms with Crippen LogP contribution in [-0.2, 0) is 5.60 Å². The van der Waals surface area contributed by atoms with Gasteiger partial charge in [-0.15, -0.1) is 11.3 Å². The number of rotatable bonds is 3. The van der Waals surface area contributed by atoms with E-state index in [-0.39, 0.29) is 5.56 Å². The molecule has 0 amide bonds. The summed E-state index contributed by atoms with van der Waals surface area (Å²) in [6.07, 6.45) is 2.13. The Hall–Kier alpha value is -0.910. The van der Waals surface area contributed by atoms with Crippen molar-refractivity contribution in [2.45, 2.75) is 44.8 Å². The number of aliphatic hydroxyl groups is 1. The van der Waals surface area contributed by atoms with Crippen LogP contribution in [0.2, 0.25) is 0 Å². The van der Waals surface area contributed by atoms with Crippen LogP contribution in [0.1, 0.15) is 48.3 Å². The first kappa shape index (κ1) is 14.5. The van der Waals surface area contributed by atoms with Gasteiger partial charge in [-0.3, -0.25) is 0 Å². The van der Waals surface area contributed by atoms with Crippen molar-refractivity contribution in [2.24, 2.45) is 0 Å². The summed E-state index contributed by atoms with van der Waals surface area (Å²) >= 11 is 1.35. The van der Waals surface area contributed by atoms with Crippen LogP contribution >= 0.6 is 11.3 Å². The molecule has 1 aliphatic heterocycles. The van der Waals surface area contributed by atoms with Crippen molar-refractivity contribution in [2.75, 3.05) is 13.1 Å². The van der Waals surface area contributed by atoms with Crippen LogP contribution in [0.5, 0.6) is 0 Å². The van der Waals surface area contributed by atoms with Gasteiger partial charge in [0, 0.05) is 12.6 Å².